The van der Waals surface area contributed by atoms with Gasteiger partial charge in [0.15, 0.2) is 11.3 Å². The molecule has 19 heavy (non-hydrogen) atoms. The van der Waals surface area contributed by atoms with Crippen molar-refractivity contribution in [2.24, 2.45) is 0 Å². The molecule has 94 valence electrons. The molecule has 0 aliphatic rings. The van der Waals surface area contributed by atoms with Gasteiger partial charge in [0, 0.05) is 22.8 Å². The molecule has 3 aromatic rings. The van der Waals surface area contributed by atoms with E-state index < -0.39 is 5.97 Å². The van der Waals surface area contributed by atoms with Crippen LogP contribution in [0.1, 0.15) is 10.5 Å². The van der Waals surface area contributed by atoms with Gasteiger partial charge in [-0.15, -0.1) is 0 Å². The average molecular weight is 274 g/mol. The zero-order valence-corrected chi connectivity index (χ0v) is 10.4. The summed E-state index contributed by atoms with van der Waals surface area (Å²) in [4.78, 5) is 15.0. The van der Waals surface area contributed by atoms with Crippen molar-refractivity contribution in [3.8, 4) is 11.3 Å². The Morgan fingerprint density at radius 2 is 1.95 bits per heavy atom. The number of aromatic nitrogens is 3. The fraction of sp³-hybridized carbons (Fsp3) is 0. The molecule has 2 aromatic heterocycles. The number of hydrogen-bond donors (Lipinski definition) is 1. The molecule has 6 heteroatoms. The van der Waals surface area contributed by atoms with Gasteiger partial charge in [0.25, 0.3) is 0 Å². The lowest BCUT2D eigenvalue weighted by molar-refractivity contribution is 0.0690. The van der Waals surface area contributed by atoms with Gasteiger partial charge in [0.1, 0.15) is 0 Å². The van der Waals surface area contributed by atoms with E-state index in [0.717, 1.165) is 11.3 Å². The maximum atomic E-state index is 10.9. The smallest absolute Gasteiger partial charge is 0.356 e. The summed E-state index contributed by atoms with van der Waals surface area (Å²) in [6, 6.07) is 10.4. The fourth-order valence-corrected chi connectivity index (χ4v) is 1.96. The average Bonchev–Trinajstić information content (AvgIpc) is 2.83. The molecule has 0 radical (unpaired) electrons. The Morgan fingerprint density at radius 3 is 2.63 bits per heavy atom. The van der Waals surface area contributed by atoms with Gasteiger partial charge in [-0.25, -0.2) is 14.3 Å². The Labute approximate surface area is 113 Å². The van der Waals surface area contributed by atoms with Gasteiger partial charge >= 0.3 is 5.97 Å². The van der Waals surface area contributed by atoms with Gasteiger partial charge in [-0.3, -0.25) is 0 Å². The molecule has 0 bridgehead atoms. The van der Waals surface area contributed by atoms with Gasteiger partial charge in [-0.1, -0.05) is 23.7 Å². The number of carboxylic acid groups (broad SMARTS) is 1. The zero-order chi connectivity index (χ0) is 13.4. The van der Waals surface area contributed by atoms with Crippen LogP contribution >= 0.6 is 11.6 Å². The topological polar surface area (TPSA) is 67.5 Å². The summed E-state index contributed by atoms with van der Waals surface area (Å²) >= 11 is 5.85. The molecule has 0 aliphatic carbocycles. The van der Waals surface area contributed by atoms with Gasteiger partial charge in [-0.05, 0) is 18.2 Å². The van der Waals surface area contributed by atoms with Crippen molar-refractivity contribution in [3.63, 3.8) is 0 Å². The third-order valence-electron chi connectivity index (χ3n) is 2.72. The first-order valence-corrected chi connectivity index (χ1v) is 5.87. The highest BCUT2D eigenvalue weighted by Crippen LogP contribution is 2.22. The summed E-state index contributed by atoms with van der Waals surface area (Å²) in [5, 5.41) is 13.6. The van der Waals surface area contributed by atoms with Gasteiger partial charge < -0.3 is 5.11 Å². The van der Waals surface area contributed by atoms with Crippen LogP contribution < -0.4 is 0 Å². The maximum absolute atomic E-state index is 10.9. The first-order chi connectivity index (χ1) is 9.15. The van der Waals surface area contributed by atoms with E-state index in [9.17, 15) is 4.79 Å². The Morgan fingerprint density at radius 1 is 1.21 bits per heavy atom. The predicted octanol–water partition coefficient (Wildman–Crippen LogP) is 2.75. The molecule has 0 amide bonds. The van der Waals surface area contributed by atoms with Gasteiger partial charge in [-0.2, -0.15) is 5.10 Å². The van der Waals surface area contributed by atoms with E-state index in [2.05, 4.69) is 10.1 Å². The van der Waals surface area contributed by atoms with Crippen LogP contribution in [-0.4, -0.2) is 25.7 Å². The summed E-state index contributed by atoms with van der Waals surface area (Å²) in [6.45, 7) is 0. The van der Waals surface area contributed by atoms with Crippen LogP contribution in [-0.2, 0) is 0 Å². The lowest BCUT2D eigenvalue weighted by Crippen LogP contribution is -1.99. The van der Waals surface area contributed by atoms with Crippen LogP contribution in [0.2, 0.25) is 5.02 Å². The van der Waals surface area contributed by atoms with E-state index in [-0.39, 0.29) is 5.69 Å². The predicted molar refractivity (Wildman–Crippen MR) is 70.4 cm³/mol. The number of benzene rings is 1. The van der Waals surface area contributed by atoms with Crippen LogP contribution in [0.25, 0.3) is 16.9 Å². The Balaban J connectivity index is 2.23. The largest absolute Gasteiger partial charge is 0.476 e. The quantitative estimate of drug-likeness (QED) is 0.779. The lowest BCUT2D eigenvalue weighted by atomic mass is 10.1. The molecule has 0 atom stereocenters. The first-order valence-electron chi connectivity index (χ1n) is 5.49. The van der Waals surface area contributed by atoms with Crippen molar-refractivity contribution in [2.45, 2.75) is 0 Å². The van der Waals surface area contributed by atoms with Crippen LogP contribution in [0.5, 0.6) is 0 Å². The maximum Gasteiger partial charge on any atom is 0.356 e. The Kier molecular flexibility index (Phi) is 2.68. The van der Waals surface area contributed by atoms with E-state index in [0.29, 0.717) is 10.7 Å². The normalized spacial score (nSPS) is 10.8. The minimum atomic E-state index is -1.08. The lowest BCUT2D eigenvalue weighted by Gasteiger charge is -2.04. The molecule has 2 heterocycles. The molecular weight excluding hydrogens is 266 g/mol. The SMILES string of the molecule is O=C(O)c1cc2nccc(-c3ccc(Cl)cc3)n2n1. The third kappa shape index (κ3) is 2.04. The van der Waals surface area contributed by atoms with Crippen LogP contribution in [0.3, 0.4) is 0 Å². The highest BCUT2D eigenvalue weighted by atomic mass is 35.5. The molecule has 0 aliphatic heterocycles. The fourth-order valence-electron chi connectivity index (χ4n) is 1.84. The molecule has 0 unspecified atom stereocenters. The van der Waals surface area contributed by atoms with Crippen LogP contribution in [0, 0.1) is 0 Å². The van der Waals surface area contributed by atoms with Crippen molar-refractivity contribution in [3.05, 3.63) is 53.3 Å². The van der Waals surface area contributed by atoms with Crippen molar-refractivity contribution in [1.29, 1.82) is 0 Å². The van der Waals surface area contributed by atoms with Crippen LogP contribution in [0.15, 0.2) is 42.6 Å². The number of nitrogens with zero attached hydrogens (tertiary/aromatic N) is 3. The monoisotopic (exact) mass is 273 g/mol. The summed E-state index contributed by atoms with van der Waals surface area (Å²) in [5.74, 6) is -1.08. The molecule has 3 rings (SSSR count). The van der Waals surface area contributed by atoms with E-state index in [1.165, 1.54) is 10.6 Å². The van der Waals surface area contributed by atoms with Crippen LogP contribution in [0.4, 0.5) is 0 Å². The summed E-state index contributed by atoms with van der Waals surface area (Å²) < 4.78 is 1.51. The third-order valence-corrected chi connectivity index (χ3v) is 2.97. The Bertz CT molecular complexity index is 765. The first kappa shape index (κ1) is 11.7. The van der Waals surface area contributed by atoms with E-state index >= 15 is 0 Å². The molecular formula is C13H8ClN3O2. The standard InChI is InChI=1S/C13H8ClN3O2/c14-9-3-1-8(2-4-9)11-5-6-15-12-7-10(13(18)19)16-17(11)12/h1-7H,(H,18,19). The second-order valence-electron chi connectivity index (χ2n) is 3.94. The van der Waals surface area contributed by atoms with Gasteiger partial charge in [0.2, 0.25) is 0 Å². The summed E-state index contributed by atoms with van der Waals surface area (Å²) in [6.07, 6.45) is 1.62. The number of carbonyl (C=O) groups is 1. The van der Waals surface area contributed by atoms with E-state index in [1.54, 1.807) is 24.4 Å². The van der Waals surface area contributed by atoms with Crippen molar-refractivity contribution in [1.82, 2.24) is 14.6 Å². The minimum Gasteiger partial charge on any atom is -0.476 e. The highest BCUT2D eigenvalue weighted by Gasteiger charge is 2.12. The highest BCUT2D eigenvalue weighted by molar-refractivity contribution is 6.30. The minimum absolute atomic E-state index is 0.0334. The number of aromatic carboxylic acids is 1. The van der Waals surface area contributed by atoms with Crippen molar-refractivity contribution >= 4 is 23.2 Å². The molecule has 0 saturated carbocycles. The molecule has 0 saturated heterocycles. The van der Waals surface area contributed by atoms with Gasteiger partial charge in [0.05, 0.1) is 5.69 Å². The van der Waals surface area contributed by atoms with E-state index in [4.69, 9.17) is 16.7 Å². The zero-order valence-electron chi connectivity index (χ0n) is 9.62. The number of fused-ring (bicyclic) bond motifs is 1. The van der Waals surface area contributed by atoms with Crippen molar-refractivity contribution in [2.75, 3.05) is 0 Å². The van der Waals surface area contributed by atoms with E-state index in [1.807, 2.05) is 12.1 Å². The Hall–Kier alpha value is -2.40. The van der Waals surface area contributed by atoms with Crippen molar-refractivity contribution < 1.29 is 9.90 Å². The second kappa shape index (κ2) is 4.37. The number of halogens is 1. The molecule has 0 spiro atoms. The number of carboxylic acids is 1. The second-order valence-corrected chi connectivity index (χ2v) is 4.38. The number of rotatable bonds is 2. The summed E-state index contributed by atoms with van der Waals surface area (Å²) in [5.41, 5.74) is 2.10. The molecule has 1 N–H and O–H groups in total. The molecule has 5 nitrogen and oxygen atoms in total. The molecule has 0 fully saturated rings. The summed E-state index contributed by atoms with van der Waals surface area (Å²) in [7, 11) is 0. The number of hydrogen-bond acceptors (Lipinski definition) is 3. The molecule has 1 aromatic carbocycles.